The number of rotatable bonds is 6. The number of nitrogens with one attached hydrogen (secondary N) is 2. The Bertz CT molecular complexity index is 1560. The SMILES string of the molecule is O=C(Nc1ccccc1)Nc1cc(CN2C(=O)N(c3ccc(S(=O)(=O)C(F)(F)F)cc3)C(=O)C23CC3)ccn1. The summed E-state index contributed by atoms with van der Waals surface area (Å²) in [5, 5.41) is 5.26. The fraction of sp³-hybridized carbons (Fsp3) is 0.200. The van der Waals surface area contributed by atoms with Gasteiger partial charge in [-0.2, -0.15) is 13.2 Å². The van der Waals surface area contributed by atoms with Gasteiger partial charge >= 0.3 is 17.6 Å². The molecule has 0 atom stereocenters. The van der Waals surface area contributed by atoms with Crippen LogP contribution in [0.1, 0.15) is 18.4 Å². The number of carbonyl (C=O) groups excluding carboxylic acids is 3. The van der Waals surface area contributed by atoms with Crippen molar-refractivity contribution in [3.05, 3.63) is 78.5 Å². The van der Waals surface area contributed by atoms with Crippen LogP contribution in [-0.4, -0.2) is 47.3 Å². The van der Waals surface area contributed by atoms with Crippen molar-refractivity contribution >= 4 is 45.0 Å². The number of hydrogen-bond donors (Lipinski definition) is 2. The number of para-hydroxylation sites is 1. The first kappa shape index (κ1) is 26.2. The van der Waals surface area contributed by atoms with Crippen molar-refractivity contribution in [1.82, 2.24) is 9.88 Å². The van der Waals surface area contributed by atoms with E-state index in [1.165, 1.54) is 11.1 Å². The fourth-order valence-electron chi connectivity index (χ4n) is 4.29. The second kappa shape index (κ2) is 9.38. The highest BCUT2D eigenvalue weighted by Crippen LogP contribution is 2.49. The lowest BCUT2D eigenvalue weighted by atomic mass is 10.2. The maximum absolute atomic E-state index is 13.3. The van der Waals surface area contributed by atoms with Gasteiger partial charge in [-0.1, -0.05) is 18.2 Å². The number of halogens is 3. The molecule has 2 N–H and O–H groups in total. The van der Waals surface area contributed by atoms with Crippen molar-refractivity contribution in [2.75, 3.05) is 15.5 Å². The van der Waals surface area contributed by atoms with Crippen LogP contribution in [0.4, 0.5) is 40.0 Å². The maximum atomic E-state index is 13.3. The minimum absolute atomic E-state index is 0.000879. The van der Waals surface area contributed by atoms with Gasteiger partial charge in [-0.25, -0.2) is 27.9 Å². The highest BCUT2D eigenvalue weighted by atomic mass is 32.2. The summed E-state index contributed by atoms with van der Waals surface area (Å²) in [6.45, 7) is -0.000879. The second-order valence-electron chi connectivity index (χ2n) is 8.98. The molecule has 0 unspecified atom stereocenters. The lowest BCUT2D eigenvalue weighted by Gasteiger charge is -2.21. The Morgan fingerprint density at radius 3 is 2.26 bits per heavy atom. The number of nitrogens with zero attached hydrogens (tertiary/aromatic N) is 3. The fourth-order valence-corrected chi connectivity index (χ4v) is 5.06. The van der Waals surface area contributed by atoms with E-state index in [-0.39, 0.29) is 18.1 Å². The topological polar surface area (TPSA) is 129 Å². The first-order valence-corrected chi connectivity index (χ1v) is 13.1. The first-order chi connectivity index (χ1) is 18.4. The lowest BCUT2D eigenvalue weighted by molar-refractivity contribution is -0.120. The highest BCUT2D eigenvalue weighted by molar-refractivity contribution is 7.92. The van der Waals surface area contributed by atoms with Gasteiger partial charge in [0.25, 0.3) is 15.7 Å². The molecule has 5 rings (SSSR count). The number of alkyl halides is 3. The maximum Gasteiger partial charge on any atom is 0.501 e. The van der Waals surface area contributed by atoms with Gasteiger partial charge in [-0.3, -0.25) is 10.1 Å². The predicted octanol–water partition coefficient (Wildman–Crippen LogP) is 4.52. The van der Waals surface area contributed by atoms with E-state index < -0.39 is 43.7 Å². The zero-order chi connectivity index (χ0) is 28.0. The van der Waals surface area contributed by atoms with Crippen LogP contribution in [0.2, 0.25) is 0 Å². The lowest BCUT2D eigenvalue weighted by Crippen LogP contribution is -2.36. The number of anilines is 3. The summed E-state index contributed by atoms with van der Waals surface area (Å²) in [4.78, 5) is 44.2. The number of hydrogen-bond acceptors (Lipinski definition) is 6. The average Bonchev–Trinajstić information content (AvgIpc) is 3.66. The molecule has 14 heteroatoms. The summed E-state index contributed by atoms with van der Waals surface area (Å²) >= 11 is 0. The number of carbonyl (C=O) groups is 3. The Morgan fingerprint density at radius 1 is 0.974 bits per heavy atom. The molecule has 2 aromatic carbocycles. The summed E-state index contributed by atoms with van der Waals surface area (Å²) in [7, 11) is -5.58. The molecule has 2 heterocycles. The molecule has 10 nitrogen and oxygen atoms in total. The van der Waals surface area contributed by atoms with Crippen LogP contribution in [0, 0.1) is 0 Å². The van der Waals surface area contributed by atoms with Crippen LogP contribution in [-0.2, 0) is 21.2 Å². The molecule has 2 aliphatic rings. The zero-order valence-electron chi connectivity index (χ0n) is 20.0. The van der Waals surface area contributed by atoms with E-state index in [0.717, 1.165) is 17.0 Å². The smallest absolute Gasteiger partial charge is 0.308 e. The number of sulfone groups is 1. The number of aromatic nitrogens is 1. The normalized spacial score (nSPS) is 16.5. The quantitative estimate of drug-likeness (QED) is 0.428. The third-order valence-corrected chi connectivity index (χ3v) is 7.91. The van der Waals surface area contributed by atoms with Gasteiger partial charge < -0.3 is 10.2 Å². The van der Waals surface area contributed by atoms with Crippen molar-refractivity contribution < 1.29 is 36.0 Å². The second-order valence-corrected chi connectivity index (χ2v) is 10.9. The number of benzene rings is 2. The molecule has 202 valence electrons. The molecular weight excluding hydrogens is 539 g/mol. The Labute approximate surface area is 220 Å². The molecule has 1 saturated heterocycles. The van der Waals surface area contributed by atoms with E-state index in [2.05, 4.69) is 15.6 Å². The minimum Gasteiger partial charge on any atom is -0.308 e. The summed E-state index contributed by atoms with van der Waals surface area (Å²) < 4.78 is 61.9. The summed E-state index contributed by atoms with van der Waals surface area (Å²) in [5.41, 5.74) is -5.49. The van der Waals surface area contributed by atoms with Gasteiger partial charge in [-0.05, 0) is 66.9 Å². The molecule has 0 bridgehead atoms. The van der Waals surface area contributed by atoms with Crippen molar-refractivity contribution in [2.45, 2.75) is 35.3 Å². The Kier molecular flexibility index (Phi) is 6.29. The van der Waals surface area contributed by atoms with Gasteiger partial charge in [0.05, 0.1) is 10.6 Å². The van der Waals surface area contributed by atoms with E-state index in [4.69, 9.17) is 0 Å². The van der Waals surface area contributed by atoms with Gasteiger partial charge in [-0.15, -0.1) is 0 Å². The van der Waals surface area contributed by atoms with Crippen LogP contribution >= 0.6 is 0 Å². The summed E-state index contributed by atoms with van der Waals surface area (Å²) in [6, 6.07) is 14.1. The molecule has 1 spiro atoms. The zero-order valence-corrected chi connectivity index (χ0v) is 20.8. The third-order valence-electron chi connectivity index (χ3n) is 6.41. The van der Waals surface area contributed by atoms with Crippen molar-refractivity contribution in [2.24, 2.45) is 0 Å². The molecule has 3 aromatic rings. The number of pyridine rings is 1. The Balaban J connectivity index is 1.33. The van der Waals surface area contributed by atoms with Crippen LogP contribution in [0.15, 0.2) is 77.8 Å². The van der Waals surface area contributed by atoms with E-state index in [1.54, 1.807) is 42.5 Å². The van der Waals surface area contributed by atoms with Crippen molar-refractivity contribution in [1.29, 1.82) is 0 Å². The number of urea groups is 2. The van der Waals surface area contributed by atoms with E-state index in [1.807, 2.05) is 0 Å². The molecule has 0 radical (unpaired) electrons. The van der Waals surface area contributed by atoms with Gasteiger partial charge in [0.2, 0.25) is 0 Å². The first-order valence-electron chi connectivity index (χ1n) is 11.6. The van der Waals surface area contributed by atoms with Gasteiger partial charge in [0.15, 0.2) is 0 Å². The largest absolute Gasteiger partial charge is 0.501 e. The molecule has 1 aliphatic carbocycles. The van der Waals surface area contributed by atoms with Crippen LogP contribution in [0.3, 0.4) is 0 Å². The van der Waals surface area contributed by atoms with Crippen molar-refractivity contribution in [3.63, 3.8) is 0 Å². The van der Waals surface area contributed by atoms with E-state index >= 15 is 0 Å². The Hall–Kier alpha value is -4.46. The standard InChI is InChI=1S/C25H20F3N5O5S/c26-25(27,28)39(37,38)19-8-6-18(7-9-19)33-21(34)24(11-12-24)32(23(33)36)15-16-10-13-29-20(14-16)31-22(35)30-17-4-2-1-3-5-17/h1-10,13-14H,11-12,15H2,(H2,29,30,31,35). The van der Waals surface area contributed by atoms with Crippen LogP contribution < -0.4 is 15.5 Å². The Morgan fingerprint density at radius 2 is 1.64 bits per heavy atom. The minimum atomic E-state index is -5.58. The third kappa shape index (κ3) is 4.78. The van der Waals surface area contributed by atoms with Crippen LogP contribution in [0.5, 0.6) is 0 Å². The molecule has 1 aliphatic heterocycles. The molecule has 1 aromatic heterocycles. The van der Waals surface area contributed by atoms with Crippen LogP contribution in [0.25, 0.3) is 0 Å². The number of imide groups is 1. The predicted molar refractivity (Wildman–Crippen MR) is 133 cm³/mol. The summed E-state index contributed by atoms with van der Waals surface area (Å²) in [6.07, 6.45) is 2.22. The van der Waals surface area contributed by atoms with E-state index in [0.29, 0.717) is 36.2 Å². The highest BCUT2D eigenvalue weighted by Gasteiger charge is 2.65. The summed E-state index contributed by atoms with van der Waals surface area (Å²) in [5.74, 6) is -0.337. The molecule has 39 heavy (non-hydrogen) atoms. The number of amides is 5. The monoisotopic (exact) mass is 559 g/mol. The molecular formula is C25H20F3N5O5S. The van der Waals surface area contributed by atoms with Gasteiger partial charge in [0, 0.05) is 18.4 Å². The van der Waals surface area contributed by atoms with Crippen molar-refractivity contribution in [3.8, 4) is 0 Å². The van der Waals surface area contributed by atoms with Gasteiger partial charge in [0.1, 0.15) is 11.4 Å². The molecule has 5 amide bonds. The molecule has 2 fully saturated rings. The average molecular weight is 560 g/mol. The molecule has 1 saturated carbocycles. The van der Waals surface area contributed by atoms with E-state index in [9.17, 15) is 36.0 Å².